The van der Waals surface area contributed by atoms with Gasteiger partial charge in [-0.1, -0.05) is 12.1 Å². The summed E-state index contributed by atoms with van der Waals surface area (Å²) in [5.41, 5.74) is 0.0438. The molecule has 0 fully saturated rings. The molecule has 0 amide bonds. The van der Waals surface area contributed by atoms with E-state index < -0.39 is 24.7 Å². The number of rotatable bonds is 10. The van der Waals surface area contributed by atoms with Crippen molar-refractivity contribution in [3.63, 3.8) is 0 Å². The number of benzene rings is 1. The number of carbonyl (C=O) groups excluding carboxylic acids is 3. The zero-order valence-electron chi connectivity index (χ0n) is 14.5. The number of unbranched alkanes of at least 4 members (excludes halogenated alkanes) is 1. The normalized spacial score (nSPS) is 9.19. The highest BCUT2D eigenvalue weighted by Gasteiger charge is 2.15. The van der Waals surface area contributed by atoms with Gasteiger partial charge in [0.25, 0.3) is 0 Å². The minimum Gasteiger partial charge on any atom is -0.428 e. The van der Waals surface area contributed by atoms with Crippen molar-refractivity contribution in [1.29, 1.82) is 0 Å². The number of esters is 3. The minimum atomic E-state index is -0.787. The van der Waals surface area contributed by atoms with E-state index in [-0.39, 0.29) is 24.3 Å². The molecule has 0 atom stereocenters. The van der Waals surface area contributed by atoms with Gasteiger partial charge in [-0.15, -0.1) is 4.91 Å². The number of aliphatic hydroxyl groups is 1. The Morgan fingerprint density at radius 3 is 2.42 bits per heavy atom. The van der Waals surface area contributed by atoms with Gasteiger partial charge in [0.15, 0.2) is 5.34 Å². The molecule has 1 aromatic carbocycles. The number of ether oxygens (including phenoxy) is 3. The minimum absolute atomic E-state index is 0.0438. The maximum absolute atomic E-state index is 11.9. The Kier molecular flexibility index (Phi) is 12.7. The van der Waals surface area contributed by atoms with Gasteiger partial charge in [-0.05, 0) is 25.0 Å². The van der Waals surface area contributed by atoms with Crippen LogP contribution in [0.25, 0.3) is 0 Å². The fraction of sp³-hybridized carbons (Fsp3) is 0.438. The lowest BCUT2D eigenvalue weighted by atomic mass is 10.2. The molecule has 0 saturated heterocycles. The molecular weight excluding hydrogens is 350 g/mol. The third-order valence-electron chi connectivity index (χ3n) is 2.69. The van der Waals surface area contributed by atoms with Crippen LogP contribution in [0.4, 0.5) is 0 Å². The van der Waals surface area contributed by atoms with E-state index >= 15 is 0 Å². The van der Waals surface area contributed by atoms with Gasteiger partial charge in [-0.3, -0.25) is 9.59 Å². The second kappa shape index (κ2) is 14.3. The smallest absolute Gasteiger partial charge is 0.344 e. The first kappa shape index (κ1) is 23.0. The van der Waals surface area contributed by atoms with Crippen LogP contribution in [0.1, 0.15) is 36.5 Å². The van der Waals surface area contributed by atoms with Crippen LogP contribution in [-0.4, -0.2) is 43.5 Å². The molecule has 0 aliphatic rings. The Balaban J connectivity index is 0.00000301. The third-order valence-corrected chi connectivity index (χ3v) is 2.69. The van der Waals surface area contributed by atoms with Gasteiger partial charge in [0.05, 0.1) is 0 Å². The van der Waals surface area contributed by atoms with E-state index in [1.54, 1.807) is 12.1 Å². The maximum atomic E-state index is 11.9. The molecule has 26 heavy (non-hydrogen) atoms. The summed E-state index contributed by atoms with van der Waals surface area (Å²) in [6, 6.07) is 6.04. The van der Waals surface area contributed by atoms with Crippen molar-refractivity contribution in [3.05, 3.63) is 34.7 Å². The van der Waals surface area contributed by atoms with E-state index in [4.69, 9.17) is 19.3 Å². The van der Waals surface area contributed by atoms with Crippen molar-refractivity contribution in [3.8, 4) is 5.75 Å². The van der Waals surface area contributed by atoms with E-state index in [0.717, 1.165) is 7.11 Å². The number of hydrogen-bond donors (Lipinski definition) is 1. The molecule has 10 nitrogen and oxygen atoms in total. The molecule has 0 saturated carbocycles. The fourth-order valence-corrected chi connectivity index (χ4v) is 1.65. The molecule has 0 aliphatic heterocycles. The average Bonchev–Trinajstić information content (AvgIpc) is 2.63. The molecule has 0 spiro atoms. The number of hydrogen-bond acceptors (Lipinski definition) is 10. The molecule has 1 aromatic rings. The first-order valence-corrected chi connectivity index (χ1v) is 7.54. The molecule has 0 aliphatic carbocycles. The summed E-state index contributed by atoms with van der Waals surface area (Å²) >= 11 is 0. The zero-order valence-corrected chi connectivity index (χ0v) is 14.5. The second-order valence-corrected chi connectivity index (χ2v) is 4.52. The van der Waals surface area contributed by atoms with Gasteiger partial charge in [0.1, 0.15) is 17.9 Å². The molecule has 0 aromatic heterocycles. The molecule has 1 rings (SSSR count). The van der Waals surface area contributed by atoms with E-state index in [1.807, 2.05) is 0 Å². The topological polar surface area (TPSA) is 138 Å². The van der Waals surface area contributed by atoms with Crippen molar-refractivity contribution >= 4 is 17.9 Å². The van der Waals surface area contributed by atoms with Crippen LogP contribution < -0.4 is 4.74 Å². The molecule has 0 unspecified atom stereocenters. The zero-order chi connectivity index (χ0) is 19.8. The van der Waals surface area contributed by atoms with Crippen molar-refractivity contribution in [2.45, 2.75) is 26.2 Å². The highest BCUT2D eigenvalue weighted by Crippen LogP contribution is 2.19. The summed E-state index contributed by atoms with van der Waals surface area (Å²) in [6.45, 7) is 0.775. The van der Waals surface area contributed by atoms with Crippen molar-refractivity contribution in [2.75, 3.05) is 20.5 Å². The van der Waals surface area contributed by atoms with Gasteiger partial charge < -0.3 is 24.2 Å². The van der Waals surface area contributed by atoms with E-state index in [1.165, 1.54) is 19.1 Å². The fourth-order valence-electron chi connectivity index (χ4n) is 1.65. The summed E-state index contributed by atoms with van der Waals surface area (Å²) in [5.74, 6) is -1.86. The molecule has 0 bridgehead atoms. The van der Waals surface area contributed by atoms with Gasteiger partial charge in [-0.2, -0.15) is 0 Å². The van der Waals surface area contributed by atoms with E-state index in [0.29, 0.717) is 12.8 Å². The van der Waals surface area contributed by atoms with Crippen LogP contribution in [0, 0.1) is 4.91 Å². The molecule has 1 N–H and O–H groups in total. The second-order valence-electron chi connectivity index (χ2n) is 4.52. The number of aliphatic hydroxyl groups excluding tert-OH is 1. The lowest BCUT2D eigenvalue weighted by Crippen LogP contribution is -2.14. The Bertz CT molecular complexity index is 589. The predicted octanol–water partition coefficient (Wildman–Crippen LogP) is 1.75. The average molecular weight is 371 g/mol. The van der Waals surface area contributed by atoms with Crippen LogP contribution >= 0.6 is 0 Å². The summed E-state index contributed by atoms with van der Waals surface area (Å²) in [7, 11) is 1.00. The Hall–Kier alpha value is -3.01. The summed E-state index contributed by atoms with van der Waals surface area (Å²) in [6.07, 6.45) is 0.998. The maximum Gasteiger partial charge on any atom is 0.344 e. The van der Waals surface area contributed by atoms with Crippen LogP contribution in [-0.2, 0) is 23.9 Å². The molecule has 0 radical (unpaired) electrons. The Labute approximate surface area is 149 Å². The lowest BCUT2D eigenvalue weighted by Gasteiger charge is -2.09. The number of nitrogens with zero attached hydrogens (tertiary/aromatic N) is 1. The van der Waals surface area contributed by atoms with E-state index in [2.05, 4.69) is 10.2 Å². The van der Waals surface area contributed by atoms with Crippen LogP contribution in [0.3, 0.4) is 0 Å². The number of para-hydroxylation sites is 1. The molecule has 10 heteroatoms. The highest BCUT2D eigenvalue weighted by molar-refractivity contribution is 5.93. The Morgan fingerprint density at radius 1 is 1.08 bits per heavy atom. The summed E-state index contributed by atoms with van der Waals surface area (Å²) < 4.78 is 14.4. The van der Waals surface area contributed by atoms with Crippen molar-refractivity contribution < 1.29 is 38.5 Å². The quantitative estimate of drug-likeness (QED) is 0.163. The van der Waals surface area contributed by atoms with Gasteiger partial charge in [-0.25, -0.2) is 4.79 Å². The Morgan fingerprint density at radius 2 is 1.77 bits per heavy atom. The first-order valence-electron chi connectivity index (χ1n) is 7.54. The first-order chi connectivity index (χ1) is 12.5. The van der Waals surface area contributed by atoms with Crippen molar-refractivity contribution in [1.82, 2.24) is 0 Å². The van der Waals surface area contributed by atoms with Crippen LogP contribution in [0.15, 0.2) is 29.6 Å². The highest BCUT2D eigenvalue weighted by atomic mass is 16.7. The van der Waals surface area contributed by atoms with Crippen LogP contribution in [0.5, 0.6) is 5.75 Å². The van der Waals surface area contributed by atoms with Gasteiger partial charge in [0, 0.05) is 20.5 Å². The van der Waals surface area contributed by atoms with Gasteiger partial charge >= 0.3 is 17.9 Å². The summed E-state index contributed by atoms with van der Waals surface area (Å²) in [4.78, 5) is 48.2. The lowest BCUT2D eigenvalue weighted by molar-refractivity contribution is -0.152. The SMILES string of the molecule is CC(=O)Oc1ccccc1C(=O)OCOC(=O)CCCCON=O.CO. The monoisotopic (exact) mass is 371 g/mol. The van der Waals surface area contributed by atoms with E-state index in [9.17, 15) is 19.3 Å². The van der Waals surface area contributed by atoms with Gasteiger partial charge in [0.2, 0.25) is 6.79 Å². The summed E-state index contributed by atoms with van der Waals surface area (Å²) in [5, 5.41) is 9.22. The number of carbonyl (C=O) groups is 3. The van der Waals surface area contributed by atoms with Crippen LogP contribution in [0.2, 0.25) is 0 Å². The standard InChI is InChI=1S/C15H17NO8.CH4O/c1-11(17)24-13-7-3-2-6-12(13)15(19)22-10-21-14(18)8-4-5-9-23-16-20;1-2/h2-3,6-7H,4-5,8-10H2,1H3;2H,1H3. The largest absolute Gasteiger partial charge is 0.428 e. The molecule has 0 heterocycles. The predicted molar refractivity (Wildman–Crippen MR) is 87.9 cm³/mol. The van der Waals surface area contributed by atoms with Crippen molar-refractivity contribution in [2.24, 2.45) is 5.34 Å². The molecular formula is C16H21NO9. The third kappa shape index (κ3) is 9.98. The molecule has 144 valence electrons.